The molecule has 0 aliphatic carbocycles. The molecule has 2 aromatic rings. The molecule has 0 N–H and O–H groups in total. The highest BCUT2D eigenvalue weighted by atomic mass is 35.5. The maximum atomic E-state index is 11.8. The number of hydrogen-bond acceptors (Lipinski definition) is 6. The second-order valence-corrected chi connectivity index (χ2v) is 5.05. The van der Waals surface area contributed by atoms with Crippen molar-refractivity contribution in [1.82, 2.24) is 0 Å². The van der Waals surface area contributed by atoms with Crippen molar-refractivity contribution in [1.29, 1.82) is 5.26 Å². The average Bonchev–Trinajstić information content (AvgIpc) is 2.59. The van der Waals surface area contributed by atoms with E-state index in [9.17, 15) is 14.9 Å². The Balaban J connectivity index is 1.97. The van der Waals surface area contributed by atoms with Crippen molar-refractivity contribution in [3.8, 4) is 17.6 Å². The van der Waals surface area contributed by atoms with E-state index < -0.39 is 10.9 Å². The van der Waals surface area contributed by atoms with Crippen molar-refractivity contribution in [3.63, 3.8) is 0 Å². The van der Waals surface area contributed by atoms with Crippen LogP contribution in [0.15, 0.2) is 48.5 Å². The number of benzene rings is 2. The van der Waals surface area contributed by atoms with Crippen LogP contribution >= 0.6 is 11.6 Å². The predicted octanol–water partition coefficient (Wildman–Crippen LogP) is 3.77. The molecule has 0 atom stereocenters. The van der Waals surface area contributed by atoms with E-state index in [-0.39, 0.29) is 23.1 Å². The summed E-state index contributed by atoms with van der Waals surface area (Å²) < 4.78 is 10.2. The fourth-order valence-electron chi connectivity index (χ4n) is 1.80. The second-order valence-electron chi connectivity index (χ2n) is 4.64. The highest BCUT2D eigenvalue weighted by Gasteiger charge is 2.13. The third-order valence-electron chi connectivity index (χ3n) is 2.93. The summed E-state index contributed by atoms with van der Waals surface area (Å²) in [7, 11) is 0. The van der Waals surface area contributed by atoms with Gasteiger partial charge >= 0.3 is 5.97 Å². The van der Waals surface area contributed by atoms with Crippen LogP contribution in [0.2, 0.25) is 5.02 Å². The first-order valence-corrected chi connectivity index (χ1v) is 7.31. The zero-order valence-electron chi connectivity index (χ0n) is 12.7. The van der Waals surface area contributed by atoms with Crippen molar-refractivity contribution in [2.45, 2.75) is 0 Å². The number of nitro groups is 1. The summed E-state index contributed by atoms with van der Waals surface area (Å²) >= 11 is 5.75. The summed E-state index contributed by atoms with van der Waals surface area (Å²) in [6, 6.07) is 12.3. The monoisotopic (exact) mass is 358 g/mol. The van der Waals surface area contributed by atoms with Gasteiger partial charge in [-0.1, -0.05) is 23.7 Å². The molecule has 2 rings (SSSR count). The van der Waals surface area contributed by atoms with E-state index >= 15 is 0 Å². The second kappa shape index (κ2) is 8.47. The molecule has 7 nitrogen and oxygen atoms in total. The van der Waals surface area contributed by atoms with Crippen molar-refractivity contribution >= 4 is 29.3 Å². The molecule has 2 aromatic carbocycles. The van der Waals surface area contributed by atoms with E-state index in [1.165, 1.54) is 24.3 Å². The van der Waals surface area contributed by atoms with E-state index in [0.29, 0.717) is 5.75 Å². The minimum Gasteiger partial charge on any atom is -0.479 e. The molecule has 0 saturated heterocycles. The summed E-state index contributed by atoms with van der Waals surface area (Å²) in [6.07, 6.45) is 2.74. The van der Waals surface area contributed by atoms with E-state index in [2.05, 4.69) is 0 Å². The quantitative estimate of drug-likeness (QED) is 0.256. The van der Waals surface area contributed by atoms with Crippen LogP contribution in [-0.4, -0.2) is 17.5 Å². The lowest BCUT2D eigenvalue weighted by molar-refractivity contribution is -0.384. The molecule has 0 radical (unpaired) electrons. The van der Waals surface area contributed by atoms with Crippen LogP contribution in [0.5, 0.6) is 11.5 Å². The molecular formula is C17H11ClN2O5. The Morgan fingerprint density at radius 1 is 1.24 bits per heavy atom. The first-order chi connectivity index (χ1) is 12.0. The van der Waals surface area contributed by atoms with E-state index in [1.807, 2.05) is 6.07 Å². The summed E-state index contributed by atoms with van der Waals surface area (Å²) in [5, 5.41) is 19.0. The van der Waals surface area contributed by atoms with Crippen LogP contribution < -0.4 is 9.47 Å². The molecule has 8 heteroatoms. The van der Waals surface area contributed by atoms with Gasteiger partial charge in [-0.15, -0.1) is 0 Å². The number of nitriles is 1. The third kappa shape index (κ3) is 5.34. The van der Waals surface area contributed by atoms with Gasteiger partial charge in [-0.2, -0.15) is 5.26 Å². The number of carbonyl (C=O) groups is 1. The lowest BCUT2D eigenvalue weighted by Crippen LogP contribution is -2.03. The van der Waals surface area contributed by atoms with Crippen molar-refractivity contribution in [2.24, 2.45) is 0 Å². The summed E-state index contributed by atoms with van der Waals surface area (Å²) in [5.74, 6) is -0.0120. The largest absolute Gasteiger partial charge is 0.479 e. The number of halogens is 1. The number of nitro benzene ring substituents is 1. The Bertz CT molecular complexity index is 856. The molecular weight excluding hydrogens is 348 g/mol. The summed E-state index contributed by atoms with van der Waals surface area (Å²) in [6.45, 7) is -0.0424. The molecule has 25 heavy (non-hydrogen) atoms. The third-order valence-corrected chi connectivity index (χ3v) is 3.23. The van der Waals surface area contributed by atoms with Crippen LogP contribution in [0.3, 0.4) is 0 Å². The molecule has 0 aliphatic heterocycles. The first-order valence-electron chi connectivity index (χ1n) is 6.93. The molecule has 0 aliphatic rings. The van der Waals surface area contributed by atoms with E-state index in [0.717, 1.165) is 11.6 Å². The molecule has 0 spiro atoms. The lowest BCUT2D eigenvalue weighted by atomic mass is 10.2. The maximum Gasteiger partial charge on any atom is 0.336 e. The number of rotatable bonds is 6. The Kier molecular flexibility index (Phi) is 6.09. The number of ether oxygens (including phenoxy) is 2. The molecule has 0 aromatic heterocycles. The molecule has 0 amide bonds. The summed E-state index contributed by atoms with van der Waals surface area (Å²) in [5.41, 5.74) is 0.457. The normalized spacial score (nSPS) is 10.2. The Morgan fingerprint density at radius 3 is 2.52 bits per heavy atom. The zero-order chi connectivity index (χ0) is 18.2. The molecule has 0 heterocycles. The zero-order valence-corrected chi connectivity index (χ0v) is 13.5. The van der Waals surface area contributed by atoms with E-state index in [4.69, 9.17) is 26.3 Å². The van der Waals surface area contributed by atoms with Gasteiger partial charge in [0.1, 0.15) is 22.6 Å². The van der Waals surface area contributed by atoms with Crippen LogP contribution in [0.4, 0.5) is 5.69 Å². The number of carbonyl (C=O) groups excluding carboxylic acids is 1. The standard InChI is InChI=1S/C17H11ClN2O5/c18-15-11-14(6-7-16(15)20(22)23)25-17(21)8-3-12-1-4-13(5-2-12)24-10-9-19/h1-8,11H,10H2/b8-3+. The predicted molar refractivity (Wildman–Crippen MR) is 90.3 cm³/mol. The van der Waals surface area contributed by atoms with Gasteiger partial charge in [0.05, 0.1) is 4.92 Å². The van der Waals surface area contributed by atoms with Crippen molar-refractivity contribution < 1.29 is 19.2 Å². The smallest absolute Gasteiger partial charge is 0.336 e. The molecule has 0 fully saturated rings. The number of hydrogen-bond donors (Lipinski definition) is 0. The van der Waals surface area contributed by atoms with Gasteiger partial charge in [0.25, 0.3) is 5.69 Å². The van der Waals surface area contributed by atoms with Gasteiger partial charge in [-0.25, -0.2) is 4.79 Å². The van der Waals surface area contributed by atoms with Gasteiger partial charge in [0.2, 0.25) is 0 Å². The fraction of sp³-hybridized carbons (Fsp3) is 0.0588. The average molecular weight is 359 g/mol. The van der Waals surface area contributed by atoms with Crippen LogP contribution in [-0.2, 0) is 4.79 Å². The van der Waals surface area contributed by atoms with Crippen molar-refractivity contribution in [2.75, 3.05) is 6.61 Å². The Labute approximate surface area is 147 Å². The Hall–Kier alpha value is -3.37. The molecule has 0 saturated carbocycles. The van der Waals surface area contributed by atoms with E-state index in [1.54, 1.807) is 24.3 Å². The lowest BCUT2D eigenvalue weighted by Gasteiger charge is -2.03. The number of esters is 1. The van der Waals surface area contributed by atoms with Crippen LogP contribution in [0, 0.1) is 21.4 Å². The first kappa shape index (κ1) is 18.0. The van der Waals surface area contributed by atoms with Crippen LogP contribution in [0.1, 0.15) is 5.56 Å². The van der Waals surface area contributed by atoms with Gasteiger partial charge in [-0.05, 0) is 29.8 Å². The molecule has 0 bridgehead atoms. The maximum absolute atomic E-state index is 11.8. The highest BCUT2D eigenvalue weighted by molar-refractivity contribution is 6.32. The van der Waals surface area contributed by atoms with Crippen LogP contribution in [0.25, 0.3) is 6.08 Å². The Morgan fingerprint density at radius 2 is 1.92 bits per heavy atom. The van der Waals surface area contributed by atoms with Crippen molar-refractivity contribution in [3.05, 3.63) is 69.2 Å². The SMILES string of the molecule is N#CCOc1ccc(/C=C/C(=O)Oc2ccc([N+](=O)[O-])c(Cl)c2)cc1. The fourth-order valence-corrected chi connectivity index (χ4v) is 2.04. The topological polar surface area (TPSA) is 102 Å². The minimum atomic E-state index is -0.658. The molecule has 0 unspecified atom stereocenters. The highest BCUT2D eigenvalue weighted by Crippen LogP contribution is 2.28. The molecule has 126 valence electrons. The van der Waals surface area contributed by atoms with Gasteiger partial charge in [-0.3, -0.25) is 10.1 Å². The van der Waals surface area contributed by atoms with Gasteiger partial charge in [0.15, 0.2) is 6.61 Å². The minimum absolute atomic E-state index is 0.0424. The van der Waals surface area contributed by atoms with Gasteiger partial charge < -0.3 is 9.47 Å². The van der Waals surface area contributed by atoms with Gasteiger partial charge in [0, 0.05) is 18.2 Å². The summed E-state index contributed by atoms with van der Waals surface area (Å²) in [4.78, 5) is 21.8. The number of nitrogens with zero attached hydrogens (tertiary/aromatic N) is 2.